The van der Waals surface area contributed by atoms with E-state index in [1.54, 1.807) is 12.4 Å². The number of fused-ring (bicyclic) bond motifs is 3. The van der Waals surface area contributed by atoms with Crippen LogP contribution in [0.3, 0.4) is 0 Å². The molecule has 1 aliphatic heterocycles. The van der Waals surface area contributed by atoms with Gasteiger partial charge >= 0.3 is 0 Å². The predicted octanol–water partition coefficient (Wildman–Crippen LogP) is 2.35. The van der Waals surface area contributed by atoms with Crippen molar-refractivity contribution in [3.05, 3.63) is 76.4 Å². The van der Waals surface area contributed by atoms with Crippen LogP contribution in [0.5, 0.6) is 0 Å². The zero-order chi connectivity index (χ0) is 20.8. The number of aromatic amines is 1. The van der Waals surface area contributed by atoms with E-state index in [-0.39, 0.29) is 11.0 Å². The minimum absolute atomic E-state index is 0.00956. The van der Waals surface area contributed by atoms with Crippen molar-refractivity contribution in [3.63, 3.8) is 0 Å². The van der Waals surface area contributed by atoms with Gasteiger partial charge in [-0.05, 0) is 50.4 Å². The molecule has 156 valence electrons. The molecule has 31 heavy (non-hydrogen) atoms. The van der Waals surface area contributed by atoms with Crippen molar-refractivity contribution >= 4 is 5.65 Å². The van der Waals surface area contributed by atoms with Crippen LogP contribution in [0, 0.1) is 0 Å². The number of pyridine rings is 1. The molecule has 2 aliphatic rings. The molecule has 1 N–H and O–H groups in total. The third-order valence-electron chi connectivity index (χ3n) is 6.71. The summed E-state index contributed by atoms with van der Waals surface area (Å²) in [6, 6.07) is 5.69. The van der Waals surface area contributed by atoms with E-state index in [9.17, 15) is 4.79 Å². The molecule has 1 atom stereocenters. The monoisotopic (exact) mass is 413 g/mol. The van der Waals surface area contributed by atoms with E-state index in [0.717, 1.165) is 73.3 Å². The Morgan fingerprint density at radius 1 is 1.16 bits per heavy atom. The highest BCUT2D eigenvalue weighted by Crippen LogP contribution is 2.43. The van der Waals surface area contributed by atoms with Gasteiger partial charge in [-0.25, -0.2) is 14.5 Å². The normalized spacial score (nSPS) is 21.0. The number of nitrogens with one attached hydrogen (secondary N) is 1. The van der Waals surface area contributed by atoms with E-state index >= 15 is 0 Å². The SMILES string of the molecule is O=c1[nH]c(-c2cccnc2)nc2c1CCC21CCCN(Cc2cnn3cccnc23)C1. The third-order valence-corrected chi connectivity index (χ3v) is 6.71. The average Bonchev–Trinajstić information content (AvgIpc) is 3.37. The lowest BCUT2D eigenvalue weighted by Crippen LogP contribution is -2.45. The minimum atomic E-state index is -0.0742. The fourth-order valence-corrected chi connectivity index (χ4v) is 5.28. The smallest absolute Gasteiger partial charge is 0.254 e. The molecule has 4 aromatic heterocycles. The van der Waals surface area contributed by atoms with Gasteiger partial charge in [-0.3, -0.25) is 14.7 Å². The Kier molecular flexibility index (Phi) is 4.21. The van der Waals surface area contributed by atoms with Crippen molar-refractivity contribution < 1.29 is 0 Å². The first-order valence-corrected chi connectivity index (χ1v) is 10.8. The number of nitrogens with zero attached hydrogens (tertiary/aromatic N) is 6. The van der Waals surface area contributed by atoms with Crippen molar-refractivity contribution in [2.24, 2.45) is 0 Å². The highest BCUT2D eigenvalue weighted by atomic mass is 16.1. The number of rotatable bonds is 3. The van der Waals surface area contributed by atoms with E-state index in [1.807, 2.05) is 41.3 Å². The van der Waals surface area contributed by atoms with E-state index in [0.29, 0.717) is 5.82 Å². The minimum Gasteiger partial charge on any atom is -0.306 e. The summed E-state index contributed by atoms with van der Waals surface area (Å²) in [7, 11) is 0. The van der Waals surface area contributed by atoms with E-state index in [2.05, 4.69) is 25.0 Å². The van der Waals surface area contributed by atoms with Gasteiger partial charge in [-0.15, -0.1) is 0 Å². The molecule has 5 heterocycles. The van der Waals surface area contributed by atoms with Gasteiger partial charge in [0.25, 0.3) is 5.56 Å². The summed E-state index contributed by atoms with van der Waals surface area (Å²) in [4.78, 5) is 32.0. The van der Waals surface area contributed by atoms with Gasteiger partial charge in [0.2, 0.25) is 0 Å². The summed E-state index contributed by atoms with van der Waals surface area (Å²) in [5.41, 5.74) is 4.63. The molecule has 0 bridgehead atoms. The van der Waals surface area contributed by atoms with Crippen molar-refractivity contribution in [2.75, 3.05) is 13.1 Å². The average molecular weight is 413 g/mol. The number of aromatic nitrogens is 6. The summed E-state index contributed by atoms with van der Waals surface area (Å²) < 4.78 is 1.82. The zero-order valence-electron chi connectivity index (χ0n) is 17.2. The lowest BCUT2D eigenvalue weighted by molar-refractivity contribution is 0.137. The summed E-state index contributed by atoms with van der Waals surface area (Å²) >= 11 is 0. The fraction of sp³-hybridized carbons (Fsp3) is 0.348. The molecule has 1 unspecified atom stereocenters. The Morgan fingerprint density at radius 2 is 2.13 bits per heavy atom. The Labute approximate surface area is 179 Å². The number of hydrogen-bond acceptors (Lipinski definition) is 6. The summed E-state index contributed by atoms with van der Waals surface area (Å²) in [5, 5.41) is 4.43. The van der Waals surface area contributed by atoms with E-state index in [1.165, 1.54) is 0 Å². The second-order valence-electron chi connectivity index (χ2n) is 8.64. The number of H-pyrrole nitrogens is 1. The Balaban J connectivity index is 1.34. The molecule has 0 aromatic carbocycles. The molecule has 4 aromatic rings. The van der Waals surface area contributed by atoms with Gasteiger partial charge in [-0.1, -0.05) is 0 Å². The molecular formula is C23H23N7O. The highest BCUT2D eigenvalue weighted by Gasteiger charge is 2.44. The van der Waals surface area contributed by atoms with Gasteiger partial charge in [0.05, 0.1) is 11.9 Å². The third kappa shape index (κ3) is 3.06. The largest absolute Gasteiger partial charge is 0.306 e. The quantitative estimate of drug-likeness (QED) is 0.554. The fourth-order valence-electron chi connectivity index (χ4n) is 5.28. The van der Waals surface area contributed by atoms with Crippen LogP contribution in [0.15, 0.2) is 54.0 Å². The maximum absolute atomic E-state index is 12.9. The molecule has 1 fully saturated rings. The predicted molar refractivity (Wildman–Crippen MR) is 116 cm³/mol. The van der Waals surface area contributed by atoms with Crippen molar-refractivity contribution in [1.29, 1.82) is 0 Å². The van der Waals surface area contributed by atoms with Crippen LogP contribution >= 0.6 is 0 Å². The van der Waals surface area contributed by atoms with Gasteiger partial charge < -0.3 is 4.98 Å². The number of hydrogen-bond donors (Lipinski definition) is 1. The molecule has 0 saturated carbocycles. The lowest BCUT2D eigenvalue weighted by Gasteiger charge is -2.40. The number of likely N-dealkylation sites (tertiary alicyclic amines) is 1. The summed E-state index contributed by atoms with van der Waals surface area (Å²) in [5.74, 6) is 0.613. The van der Waals surface area contributed by atoms with Crippen LogP contribution in [0.25, 0.3) is 17.0 Å². The van der Waals surface area contributed by atoms with Crippen LogP contribution in [0.4, 0.5) is 0 Å². The Morgan fingerprint density at radius 3 is 3.03 bits per heavy atom. The molecular weight excluding hydrogens is 390 g/mol. The first-order valence-electron chi connectivity index (χ1n) is 10.8. The highest BCUT2D eigenvalue weighted by molar-refractivity contribution is 5.54. The van der Waals surface area contributed by atoms with Crippen LogP contribution in [-0.2, 0) is 18.4 Å². The van der Waals surface area contributed by atoms with Crippen molar-refractivity contribution in [2.45, 2.75) is 37.6 Å². The molecule has 8 nitrogen and oxygen atoms in total. The second-order valence-corrected chi connectivity index (χ2v) is 8.64. The first kappa shape index (κ1) is 18.4. The Hall–Kier alpha value is -3.39. The van der Waals surface area contributed by atoms with Crippen LogP contribution in [0.1, 0.15) is 36.1 Å². The van der Waals surface area contributed by atoms with Crippen LogP contribution in [0.2, 0.25) is 0 Å². The molecule has 1 saturated heterocycles. The van der Waals surface area contributed by atoms with Gasteiger partial charge in [-0.2, -0.15) is 5.10 Å². The molecule has 0 radical (unpaired) electrons. The van der Waals surface area contributed by atoms with Crippen LogP contribution in [-0.4, -0.2) is 47.5 Å². The van der Waals surface area contributed by atoms with Gasteiger partial charge in [0.1, 0.15) is 5.82 Å². The standard InChI is InChI=1S/C23H23N7O/c31-22-18-5-7-23(19(18)27-20(28-22)16-4-1-8-24-12-16)6-2-10-29(15-23)14-17-13-26-30-11-3-9-25-21(17)30/h1,3-4,8-9,11-13H,2,5-7,10,14-15H2,(H,27,28,31). The van der Waals surface area contributed by atoms with E-state index < -0.39 is 0 Å². The van der Waals surface area contributed by atoms with Crippen molar-refractivity contribution in [3.8, 4) is 11.4 Å². The number of piperidine rings is 1. The molecule has 6 rings (SSSR count). The summed E-state index contributed by atoms with van der Waals surface area (Å²) in [6.45, 7) is 2.73. The molecule has 1 aliphatic carbocycles. The van der Waals surface area contributed by atoms with E-state index in [4.69, 9.17) is 4.98 Å². The van der Waals surface area contributed by atoms with Gasteiger partial charge in [0.15, 0.2) is 5.65 Å². The lowest BCUT2D eigenvalue weighted by atomic mass is 9.77. The second kappa shape index (κ2) is 7.09. The topological polar surface area (TPSA) is 92.1 Å². The zero-order valence-corrected chi connectivity index (χ0v) is 17.2. The maximum atomic E-state index is 12.9. The van der Waals surface area contributed by atoms with Crippen molar-refractivity contribution in [1.82, 2.24) is 34.4 Å². The summed E-state index contributed by atoms with van der Waals surface area (Å²) in [6.07, 6.45) is 13.0. The molecule has 1 spiro atoms. The first-order chi connectivity index (χ1) is 15.2. The molecule has 0 amide bonds. The Bertz CT molecular complexity index is 1310. The molecule has 8 heteroatoms. The maximum Gasteiger partial charge on any atom is 0.254 e. The van der Waals surface area contributed by atoms with Crippen LogP contribution < -0.4 is 5.56 Å². The van der Waals surface area contributed by atoms with Gasteiger partial charge in [0, 0.05) is 60.0 Å².